The van der Waals surface area contributed by atoms with Crippen LogP contribution in [0.2, 0.25) is 0 Å². The second-order valence-corrected chi connectivity index (χ2v) is 4.66. The van der Waals surface area contributed by atoms with Crippen molar-refractivity contribution in [3.63, 3.8) is 0 Å². The Hall–Kier alpha value is -1.88. The number of anilines is 1. The molecular weight excluding hydrogens is 234 g/mol. The van der Waals surface area contributed by atoms with Crippen molar-refractivity contribution in [2.75, 3.05) is 5.73 Å². The summed E-state index contributed by atoms with van der Waals surface area (Å²) in [5, 5.41) is 2.50. The maximum absolute atomic E-state index is 5.67. The van der Waals surface area contributed by atoms with Crippen molar-refractivity contribution in [2.24, 2.45) is 0 Å². The first-order valence-electron chi connectivity index (χ1n) is 5.35. The molecule has 0 saturated heterocycles. The summed E-state index contributed by atoms with van der Waals surface area (Å²) in [6.07, 6.45) is 2.42. The Morgan fingerprint density at radius 2 is 2.29 bits per heavy atom. The zero-order valence-corrected chi connectivity index (χ0v) is 10.1. The van der Waals surface area contributed by atoms with Gasteiger partial charge in [-0.15, -0.1) is 11.3 Å². The topological polar surface area (TPSA) is 64.9 Å². The minimum Gasteiger partial charge on any atom is -0.443 e. The summed E-state index contributed by atoms with van der Waals surface area (Å²) >= 11 is 1.43. The van der Waals surface area contributed by atoms with E-state index >= 15 is 0 Å². The van der Waals surface area contributed by atoms with Crippen LogP contribution in [0.25, 0.3) is 22.4 Å². The number of nitrogen functional groups attached to an aromatic ring is 1. The summed E-state index contributed by atoms with van der Waals surface area (Å²) in [4.78, 5) is 8.49. The van der Waals surface area contributed by atoms with Crippen LogP contribution in [0.5, 0.6) is 0 Å². The van der Waals surface area contributed by atoms with E-state index in [9.17, 15) is 0 Å². The van der Waals surface area contributed by atoms with E-state index in [0.717, 1.165) is 28.8 Å². The van der Waals surface area contributed by atoms with Gasteiger partial charge in [-0.1, -0.05) is 6.92 Å². The minimum atomic E-state index is 0.564. The van der Waals surface area contributed by atoms with E-state index < -0.39 is 0 Å². The lowest BCUT2D eigenvalue weighted by atomic mass is 10.1. The maximum Gasteiger partial charge on any atom is 0.182 e. The molecule has 0 aliphatic rings. The number of aromatic nitrogens is 2. The quantitative estimate of drug-likeness (QED) is 0.753. The highest BCUT2D eigenvalue weighted by Crippen LogP contribution is 2.31. The van der Waals surface area contributed by atoms with Crippen molar-refractivity contribution >= 4 is 27.6 Å². The van der Waals surface area contributed by atoms with E-state index in [2.05, 4.69) is 23.0 Å². The monoisotopic (exact) mass is 245 g/mol. The number of hydrogen-bond donors (Lipinski definition) is 1. The van der Waals surface area contributed by atoms with E-state index in [0.29, 0.717) is 5.13 Å². The summed E-state index contributed by atoms with van der Waals surface area (Å²) < 4.78 is 5.42. The maximum atomic E-state index is 5.67. The first-order valence-corrected chi connectivity index (χ1v) is 6.23. The molecule has 0 unspecified atom stereocenters. The molecule has 17 heavy (non-hydrogen) atoms. The summed E-state index contributed by atoms with van der Waals surface area (Å²) in [7, 11) is 0. The van der Waals surface area contributed by atoms with Crippen molar-refractivity contribution in [3.8, 4) is 11.3 Å². The highest BCUT2D eigenvalue weighted by Gasteiger charge is 2.12. The van der Waals surface area contributed by atoms with Gasteiger partial charge >= 0.3 is 0 Å². The molecule has 2 aromatic heterocycles. The third kappa shape index (κ3) is 1.68. The van der Waals surface area contributed by atoms with Gasteiger partial charge in [-0.3, -0.25) is 0 Å². The SMILES string of the molecule is CCc1cc(-c2csc(N)n2)c2ocnc2c1. The predicted octanol–water partition coefficient (Wildman–Crippen LogP) is 3.10. The lowest BCUT2D eigenvalue weighted by molar-refractivity contribution is 0.603. The first kappa shape index (κ1) is 10.3. The normalized spacial score (nSPS) is 11.1. The second-order valence-electron chi connectivity index (χ2n) is 3.77. The molecule has 0 aliphatic heterocycles. The standard InChI is InChI=1S/C12H11N3OS/c1-2-7-3-8(10-5-17-12(13)15-10)11-9(4-7)14-6-16-11/h3-6H,2H2,1H3,(H2,13,15). The molecule has 0 bridgehead atoms. The molecule has 0 saturated carbocycles. The number of oxazole rings is 1. The van der Waals surface area contributed by atoms with Crippen LogP contribution in [0.3, 0.4) is 0 Å². The van der Waals surface area contributed by atoms with Crippen molar-refractivity contribution in [1.82, 2.24) is 9.97 Å². The smallest absolute Gasteiger partial charge is 0.182 e. The van der Waals surface area contributed by atoms with E-state index in [1.54, 1.807) is 0 Å². The Bertz CT molecular complexity index is 671. The Morgan fingerprint density at radius 1 is 1.41 bits per heavy atom. The lowest BCUT2D eigenvalue weighted by Crippen LogP contribution is -1.87. The zero-order chi connectivity index (χ0) is 11.8. The van der Waals surface area contributed by atoms with Crippen LogP contribution < -0.4 is 5.73 Å². The molecule has 0 radical (unpaired) electrons. The van der Waals surface area contributed by atoms with Gasteiger partial charge in [0, 0.05) is 10.9 Å². The molecule has 0 fully saturated rings. The van der Waals surface area contributed by atoms with Gasteiger partial charge in [0.2, 0.25) is 0 Å². The Morgan fingerprint density at radius 3 is 3.00 bits per heavy atom. The summed E-state index contributed by atoms with van der Waals surface area (Å²) in [5.74, 6) is 0. The van der Waals surface area contributed by atoms with E-state index in [-0.39, 0.29) is 0 Å². The summed E-state index contributed by atoms with van der Waals surface area (Å²) in [6.45, 7) is 2.11. The number of hydrogen-bond acceptors (Lipinski definition) is 5. The average molecular weight is 245 g/mol. The van der Waals surface area contributed by atoms with Crippen LogP contribution in [-0.2, 0) is 6.42 Å². The number of fused-ring (bicyclic) bond motifs is 1. The Kier molecular flexibility index (Phi) is 2.33. The molecule has 4 nitrogen and oxygen atoms in total. The number of thiazole rings is 1. The van der Waals surface area contributed by atoms with Crippen LogP contribution in [0.1, 0.15) is 12.5 Å². The Labute approximate surface area is 102 Å². The van der Waals surface area contributed by atoms with Gasteiger partial charge in [0.1, 0.15) is 5.52 Å². The fraction of sp³-hybridized carbons (Fsp3) is 0.167. The highest BCUT2D eigenvalue weighted by molar-refractivity contribution is 7.13. The van der Waals surface area contributed by atoms with Gasteiger partial charge in [0.15, 0.2) is 17.1 Å². The molecule has 0 aliphatic carbocycles. The summed E-state index contributed by atoms with van der Waals surface area (Å²) in [6, 6.07) is 4.13. The lowest BCUT2D eigenvalue weighted by Gasteiger charge is -2.01. The zero-order valence-electron chi connectivity index (χ0n) is 9.30. The molecule has 3 rings (SSSR count). The molecule has 0 amide bonds. The fourth-order valence-electron chi connectivity index (χ4n) is 1.83. The van der Waals surface area contributed by atoms with Gasteiger partial charge in [0.05, 0.1) is 5.69 Å². The van der Waals surface area contributed by atoms with E-state index in [4.69, 9.17) is 10.2 Å². The number of rotatable bonds is 2. The predicted molar refractivity (Wildman–Crippen MR) is 68.9 cm³/mol. The molecule has 1 aromatic carbocycles. The van der Waals surface area contributed by atoms with Crippen molar-refractivity contribution in [1.29, 1.82) is 0 Å². The van der Waals surface area contributed by atoms with Crippen molar-refractivity contribution in [2.45, 2.75) is 13.3 Å². The molecule has 0 spiro atoms. The van der Waals surface area contributed by atoms with Gasteiger partial charge in [-0.05, 0) is 24.1 Å². The van der Waals surface area contributed by atoms with Gasteiger partial charge in [-0.2, -0.15) is 0 Å². The minimum absolute atomic E-state index is 0.564. The number of aryl methyl sites for hydroxylation is 1. The van der Waals surface area contributed by atoms with Crippen LogP contribution in [0, 0.1) is 0 Å². The molecule has 3 aromatic rings. The molecule has 86 valence electrons. The fourth-order valence-corrected chi connectivity index (χ4v) is 2.40. The van der Waals surface area contributed by atoms with Gasteiger partial charge < -0.3 is 10.2 Å². The number of nitrogens with two attached hydrogens (primary N) is 1. The van der Waals surface area contributed by atoms with Gasteiger partial charge in [-0.25, -0.2) is 9.97 Å². The second kappa shape index (κ2) is 3.85. The first-order chi connectivity index (χ1) is 8.28. The molecule has 2 N–H and O–H groups in total. The Balaban J connectivity index is 2.29. The van der Waals surface area contributed by atoms with Crippen LogP contribution in [0.4, 0.5) is 5.13 Å². The molecule has 0 atom stereocenters. The van der Waals surface area contributed by atoms with E-state index in [1.165, 1.54) is 23.3 Å². The van der Waals surface area contributed by atoms with Crippen molar-refractivity contribution in [3.05, 3.63) is 29.5 Å². The van der Waals surface area contributed by atoms with E-state index in [1.807, 2.05) is 11.4 Å². The molecule has 2 heterocycles. The van der Waals surface area contributed by atoms with Crippen molar-refractivity contribution < 1.29 is 4.42 Å². The van der Waals surface area contributed by atoms with Crippen LogP contribution >= 0.6 is 11.3 Å². The molecular formula is C12H11N3OS. The van der Waals surface area contributed by atoms with Crippen LogP contribution in [-0.4, -0.2) is 9.97 Å². The highest BCUT2D eigenvalue weighted by atomic mass is 32.1. The number of benzene rings is 1. The van der Waals surface area contributed by atoms with Crippen LogP contribution in [0.15, 0.2) is 28.3 Å². The van der Waals surface area contributed by atoms with Gasteiger partial charge in [0.25, 0.3) is 0 Å². The number of nitrogens with zero attached hydrogens (tertiary/aromatic N) is 2. The summed E-state index contributed by atoms with van der Waals surface area (Å²) in [5.41, 5.74) is 10.3. The molecule has 5 heteroatoms. The largest absolute Gasteiger partial charge is 0.443 e. The average Bonchev–Trinajstić information content (AvgIpc) is 2.95. The third-order valence-corrected chi connectivity index (χ3v) is 3.37. The third-order valence-electron chi connectivity index (χ3n) is 2.70.